The Balaban J connectivity index is 2.62. The lowest BCUT2D eigenvalue weighted by atomic mass is 10.4. The van der Waals surface area contributed by atoms with E-state index in [1.807, 2.05) is 6.07 Å². The molecule has 0 N–H and O–H groups in total. The molecule has 2 nitrogen and oxygen atoms in total. The first kappa shape index (κ1) is 10.6. The molecular weight excluding hydrogens is 298 g/mol. The van der Waals surface area contributed by atoms with Crippen LogP contribution in [0.25, 0.3) is 0 Å². The van der Waals surface area contributed by atoms with Crippen molar-refractivity contribution in [1.82, 2.24) is 4.98 Å². The van der Waals surface area contributed by atoms with Gasteiger partial charge < -0.3 is 4.74 Å². The predicted molar refractivity (Wildman–Crippen MR) is 58.6 cm³/mol. The minimum Gasteiger partial charge on any atom is -0.476 e. The summed E-state index contributed by atoms with van der Waals surface area (Å²) in [5.74, 6) is 3.06. The Morgan fingerprint density at radius 1 is 1.54 bits per heavy atom. The first-order valence-corrected chi connectivity index (χ1v) is 5.20. The van der Waals surface area contributed by atoms with Crippen molar-refractivity contribution >= 4 is 31.9 Å². The van der Waals surface area contributed by atoms with Crippen LogP contribution in [-0.4, -0.2) is 11.6 Å². The van der Waals surface area contributed by atoms with E-state index in [1.54, 1.807) is 6.20 Å². The molecule has 13 heavy (non-hydrogen) atoms. The molecule has 1 aromatic heterocycles. The van der Waals surface area contributed by atoms with Gasteiger partial charge in [0.1, 0.15) is 6.61 Å². The molecule has 1 aromatic rings. The zero-order valence-corrected chi connectivity index (χ0v) is 9.93. The molecule has 0 aromatic carbocycles. The van der Waals surface area contributed by atoms with E-state index in [4.69, 9.17) is 11.2 Å². The van der Waals surface area contributed by atoms with Crippen LogP contribution in [-0.2, 0) is 0 Å². The zero-order chi connectivity index (χ0) is 9.68. The fourth-order valence-electron chi connectivity index (χ4n) is 0.715. The first-order chi connectivity index (χ1) is 6.24. The summed E-state index contributed by atoms with van der Waals surface area (Å²) < 4.78 is 7.04. The number of aromatic nitrogens is 1. The van der Waals surface area contributed by atoms with Gasteiger partial charge in [0.2, 0.25) is 5.88 Å². The number of pyridine rings is 1. The van der Waals surface area contributed by atoms with Gasteiger partial charge >= 0.3 is 0 Å². The van der Waals surface area contributed by atoms with Crippen molar-refractivity contribution < 1.29 is 4.74 Å². The van der Waals surface area contributed by atoms with Crippen LogP contribution in [0.1, 0.15) is 6.42 Å². The quantitative estimate of drug-likeness (QED) is 0.632. The molecule has 0 unspecified atom stereocenters. The van der Waals surface area contributed by atoms with Crippen LogP contribution in [0.15, 0.2) is 21.2 Å². The lowest BCUT2D eigenvalue weighted by Crippen LogP contribution is -1.98. The van der Waals surface area contributed by atoms with E-state index < -0.39 is 0 Å². The maximum atomic E-state index is 5.31. The molecule has 0 aliphatic rings. The van der Waals surface area contributed by atoms with Gasteiger partial charge in [-0.3, -0.25) is 0 Å². The van der Waals surface area contributed by atoms with Gasteiger partial charge in [0.05, 0.1) is 4.47 Å². The molecule has 0 radical (unpaired) electrons. The topological polar surface area (TPSA) is 22.1 Å². The highest BCUT2D eigenvalue weighted by Crippen LogP contribution is 2.25. The number of halogens is 2. The highest BCUT2D eigenvalue weighted by atomic mass is 79.9. The molecule has 0 saturated heterocycles. The molecule has 0 saturated carbocycles. The van der Waals surface area contributed by atoms with Crippen molar-refractivity contribution in [2.24, 2.45) is 0 Å². The molecule has 0 aliphatic heterocycles. The average molecular weight is 305 g/mol. The van der Waals surface area contributed by atoms with Crippen molar-refractivity contribution in [2.75, 3.05) is 6.61 Å². The van der Waals surface area contributed by atoms with Crippen LogP contribution in [0, 0.1) is 12.3 Å². The molecule has 4 heteroatoms. The summed E-state index contributed by atoms with van der Waals surface area (Å²) in [6, 6.07) is 1.87. The largest absolute Gasteiger partial charge is 0.476 e. The van der Waals surface area contributed by atoms with Gasteiger partial charge in [-0.05, 0) is 37.9 Å². The third-order valence-electron chi connectivity index (χ3n) is 1.26. The van der Waals surface area contributed by atoms with E-state index in [9.17, 15) is 0 Å². The van der Waals surface area contributed by atoms with Gasteiger partial charge in [-0.2, -0.15) is 0 Å². The van der Waals surface area contributed by atoms with E-state index >= 15 is 0 Å². The third-order valence-corrected chi connectivity index (χ3v) is 2.26. The van der Waals surface area contributed by atoms with Crippen molar-refractivity contribution in [1.29, 1.82) is 0 Å². The summed E-state index contributed by atoms with van der Waals surface area (Å²) in [6.07, 6.45) is 7.35. The molecule has 0 atom stereocenters. The number of terminal acetylenes is 1. The van der Waals surface area contributed by atoms with Gasteiger partial charge in [0.25, 0.3) is 0 Å². The van der Waals surface area contributed by atoms with E-state index in [2.05, 4.69) is 42.8 Å². The summed E-state index contributed by atoms with van der Waals surface area (Å²) in [5.41, 5.74) is 0. The fourth-order valence-corrected chi connectivity index (χ4v) is 1.82. The number of nitrogens with zero attached hydrogens (tertiary/aromatic N) is 1. The Labute approximate surface area is 94.0 Å². The Hall–Kier alpha value is -0.530. The number of hydrogen-bond donors (Lipinski definition) is 0. The Kier molecular flexibility index (Phi) is 4.26. The van der Waals surface area contributed by atoms with Crippen LogP contribution in [0.5, 0.6) is 5.88 Å². The SMILES string of the molecule is C#CCCOc1ncc(Br)cc1Br. The maximum absolute atomic E-state index is 5.31. The second-order valence-corrected chi connectivity index (χ2v) is 4.01. The van der Waals surface area contributed by atoms with Crippen molar-refractivity contribution in [3.8, 4) is 18.2 Å². The summed E-state index contributed by atoms with van der Waals surface area (Å²) >= 11 is 6.63. The standard InChI is InChI=1S/C9H7Br2NO/c1-2-3-4-13-9-8(11)5-7(10)6-12-9/h1,5-6H,3-4H2. The molecule has 0 spiro atoms. The molecule has 1 rings (SSSR count). The monoisotopic (exact) mass is 303 g/mol. The minimum absolute atomic E-state index is 0.490. The van der Waals surface area contributed by atoms with Crippen LogP contribution >= 0.6 is 31.9 Å². The Morgan fingerprint density at radius 2 is 2.31 bits per heavy atom. The summed E-state index contributed by atoms with van der Waals surface area (Å²) in [5, 5.41) is 0. The molecule has 0 aliphatic carbocycles. The molecule has 0 amide bonds. The van der Waals surface area contributed by atoms with Crippen molar-refractivity contribution in [2.45, 2.75) is 6.42 Å². The summed E-state index contributed by atoms with van der Waals surface area (Å²) in [7, 11) is 0. The first-order valence-electron chi connectivity index (χ1n) is 3.61. The van der Waals surface area contributed by atoms with E-state index in [0.717, 1.165) is 8.95 Å². The highest BCUT2D eigenvalue weighted by molar-refractivity contribution is 9.11. The zero-order valence-electron chi connectivity index (χ0n) is 6.76. The molecule has 0 fully saturated rings. The fraction of sp³-hybridized carbons (Fsp3) is 0.222. The van der Waals surface area contributed by atoms with Gasteiger partial charge in [-0.15, -0.1) is 12.3 Å². The molecule has 68 valence electrons. The number of ether oxygens (including phenoxy) is 1. The van der Waals surface area contributed by atoms with Crippen LogP contribution in [0.4, 0.5) is 0 Å². The van der Waals surface area contributed by atoms with Gasteiger partial charge in [-0.1, -0.05) is 0 Å². The molecule has 1 heterocycles. The predicted octanol–water partition coefficient (Wildman–Crippen LogP) is 3.01. The van der Waals surface area contributed by atoms with Crippen LogP contribution in [0.3, 0.4) is 0 Å². The van der Waals surface area contributed by atoms with E-state index in [0.29, 0.717) is 18.9 Å². The second-order valence-electron chi connectivity index (χ2n) is 2.24. The number of rotatable bonds is 3. The Morgan fingerprint density at radius 3 is 2.92 bits per heavy atom. The van der Waals surface area contributed by atoms with Crippen LogP contribution in [0.2, 0.25) is 0 Å². The summed E-state index contributed by atoms with van der Waals surface area (Å²) in [4.78, 5) is 4.07. The normalized spacial score (nSPS) is 9.31. The van der Waals surface area contributed by atoms with Gasteiger partial charge in [0.15, 0.2) is 0 Å². The molecular formula is C9H7Br2NO. The smallest absolute Gasteiger partial charge is 0.228 e. The van der Waals surface area contributed by atoms with Gasteiger partial charge in [0, 0.05) is 17.1 Å². The average Bonchev–Trinajstić information content (AvgIpc) is 2.09. The summed E-state index contributed by atoms with van der Waals surface area (Å²) in [6.45, 7) is 0.490. The molecule has 0 bridgehead atoms. The maximum Gasteiger partial charge on any atom is 0.228 e. The lowest BCUT2D eigenvalue weighted by molar-refractivity contribution is 0.312. The Bertz CT molecular complexity index is 333. The van der Waals surface area contributed by atoms with E-state index in [1.165, 1.54) is 0 Å². The second kappa shape index (κ2) is 5.25. The number of hydrogen-bond acceptors (Lipinski definition) is 2. The van der Waals surface area contributed by atoms with E-state index in [-0.39, 0.29) is 0 Å². The van der Waals surface area contributed by atoms with Crippen molar-refractivity contribution in [3.63, 3.8) is 0 Å². The van der Waals surface area contributed by atoms with Gasteiger partial charge in [-0.25, -0.2) is 4.98 Å². The lowest BCUT2D eigenvalue weighted by Gasteiger charge is -2.04. The minimum atomic E-state index is 0.490. The third kappa shape index (κ3) is 3.37. The van der Waals surface area contributed by atoms with Crippen molar-refractivity contribution in [3.05, 3.63) is 21.2 Å². The highest BCUT2D eigenvalue weighted by Gasteiger charge is 2.02. The van der Waals surface area contributed by atoms with Crippen LogP contribution < -0.4 is 4.74 Å².